The van der Waals surface area contributed by atoms with Gasteiger partial charge in [-0.25, -0.2) is 0 Å². The molecule has 0 aliphatic carbocycles. The van der Waals surface area contributed by atoms with E-state index in [2.05, 4.69) is 21.2 Å². The normalized spacial score (nSPS) is 14.8. The Labute approximate surface area is 148 Å². The molecule has 0 spiro atoms. The Morgan fingerprint density at radius 2 is 1.92 bits per heavy atom. The average Bonchev–Trinajstić information content (AvgIpc) is 2.88. The van der Waals surface area contributed by atoms with Gasteiger partial charge in [-0.3, -0.25) is 9.59 Å². The van der Waals surface area contributed by atoms with Gasteiger partial charge in [0.25, 0.3) is 5.91 Å². The van der Waals surface area contributed by atoms with Gasteiger partial charge in [0, 0.05) is 10.0 Å². The number of ketones is 1. The SMILES string of the molecule is COc1ccc(/C=C/C(=O)/C=C2\C(=O)Nc3cc(Br)ccc32)cc1. The van der Waals surface area contributed by atoms with Gasteiger partial charge in [0.1, 0.15) is 5.75 Å². The van der Waals surface area contributed by atoms with E-state index < -0.39 is 0 Å². The van der Waals surface area contributed by atoms with Crippen molar-refractivity contribution in [3.8, 4) is 5.75 Å². The van der Waals surface area contributed by atoms with Crippen molar-refractivity contribution in [3.05, 3.63) is 70.2 Å². The number of allylic oxidation sites excluding steroid dienone is 2. The summed E-state index contributed by atoms with van der Waals surface area (Å²) >= 11 is 3.36. The Morgan fingerprint density at radius 3 is 2.62 bits per heavy atom. The molecule has 0 fully saturated rings. The van der Waals surface area contributed by atoms with Crippen molar-refractivity contribution < 1.29 is 14.3 Å². The summed E-state index contributed by atoms with van der Waals surface area (Å²) in [4.78, 5) is 24.2. The molecular weight excluding hydrogens is 370 g/mol. The molecule has 2 aromatic carbocycles. The van der Waals surface area contributed by atoms with Crippen molar-refractivity contribution in [2.45, 2.75) is 0 Å². The van der Waals surface area contributed by atoms with Crippen LogP contribution in [0.3, 0.4) is 0 Å². The Hall–Kier alpha value is -2.66. The summed E-state index contributed by atoms with van der Waals surface area (Å²) in [6.45, 7) is 0. The van der Waals surface area contributed by atoms with E-state index in [4.69, 9.17) is 4.74 Å². The molecule has 1 heterocycles. The summed E-state index contributed by atoms with van der Waals surface area (Å²) in [6, 6.07) is 12.8. The number of hydrogen-bond donors (Lipinski definition) is 1. The Kier molecular flexibility index (Phi) is 4.62. The number of anilines is 1. The Bertz CT molecular complexity index is 867. The Morgan fingerprint density at radius 1 is 1.17 bits per heavy atom. The van der Waals surface area contributed by atoms with E-state index in [0.717, 1.165) is 21.3 Å². The molecule has 0 bridgehead atoms. The summed E-state index contributed by atoms with van der Waals surface area (Å²) in [6.07, 6.45) is 4.50. The molecule has 4 nitrogen and oxygen atoms in total. The lowest BCUT2D eigenvalue weighted by Crippen LogP contribution is -2.05. The molecule has 0 unspecified atom stereocenters. The van der Waals surface area contributed by atoms with Gasteiger partial charge >= 0.3 is 0 Å². The van der Waals surface area contributed by atoms with E-state index in [0.29, 0.717) is 11.3 Å². The molecule has 0 atom stereocenters. The van der Waals surface area contributed by atoms with Crippen molar-refractivity contribution in [2.24, 2.45) is 0 Å². The van der Waals surface area contributed by atoms with E-state index in [1.807, 2.05) is 42.5 Å². The number of amides is 1. The van der Waals surface area contributed by atoms with Crippen LogP contribution < -0.4 is 10.1 Å². The molecule has 5 heteroatoms. The van der Waals surface area contributed by atoms with Gasteiger partial charge in [-0.1, -0.05) is 40.2 Å². The summed E-state index contributed by atoms with van der Waals surface area (Å²) in [7, 11) is 1.60. The Balaban J connectivity index is 1.80. The second kappa shape index (κ2) is 6.84. The van der Waals surface area contributed by atoms with Crippen LogP contribution in [0.15, 0.2) is 59.1 Å². The van der Waals surface area contributed by atoms with Gasteiger partial charge in [0.05, 0.1) is 18.4 Å². The summed E-state index contributed by atoms with van der Waals surface area (Å²) in [5.74, 6) is 0.243. The minimum Gasteiger partial charge on any atom is -0.497 e. The molecular formula is C19H14BrNO3. The molecule has 24 heavy (non-hydrogen) atoms. The number of halogens is 1. The number of fused-ring (bicyclic) bond motifs is 1. The first-order valence-electron chi connectivity index (χ1n) is 7.26. The molecule has 0 radical (unpaired) electrons. The molecule has 2 aromatic rings. The monoisotopic (exact) mass is 383 g/mol. The quantitative estimate of drug-likeness (QED) is 0.809. The highest BCUT2D eigenvalue weighted by atomic mass is 79.9. The predicted octanol–water partition coefficient (Wildman–Crippen LogP) is 4.08. The number of ether oxygens (including phenoxy) is 1. The molecule has 0 aromatic heterocycles. The molecule has 120 valence electrons. The van der Waals surface area contributed by atoms with Gasteiger partial charge in [0.15, 0.2) is 5.78 Å². The third kappa shape index (κ3) is 3.46. The highest BCUT2D eigenvalue weighted by Gasteiger charge is 2.24. The first kappa shape index (κ1) is 16.2. The fourth-order valence-electron chi connectivity index (χ4n) is 2.39. The maximum atomic E-state index is 12.1. The molecule has 0 saturated heterocycles. The second-order valence-corrected chi connectivity index (χ2v) is 6.13. The summed E-state index contributed by atoms with van der Waals surface area (Å²) in [5.41, 5.74) is 2.69. The second-order valence-electron chi connectivity index (χ2n) is 5.21. The van der Waals surface area contributed by atoms with Crippen LogP contribution in [-0.2, 0) is 9.59 Å². The van der Waals surface area contributed by atoms with Crippen molar-refractivity contribution in [1.82, 2.24) is 0 Å². The third-order valence-electron chi connectivity index (χ3n) is 3.61. The van der Waals surface area contributed by atoms with Crippen LogP contribution in [0, 0.1) is 0 Å². The van der Waals surface area contributed by atoms with Gasteiger partial charge in [-0.2, -0.15) is 0 Å². The van der Waals surface area contributed by atoms with E-state index in [1.54, 1.807) is 13.2 Å². The zero-order valence-corrected chi connectivity index (χ0v) is 14.5. The van der Waals surface area contributed by atoms with Crippen LogP contribution in [0.5, 0.6) is 5.75 Å². The topological polar surface area (TPSA) is 55.4 Å². The average molecular weight is 384 g/mol. The standard InChI is InChI=1S/C19H14BrNO3/c1-24-15-7-3-12(4-8-15)2-6-14(22)11-17-16-9-5-13(20)10-18(16)21-19(17)23/h2-11H,1H3,(H,21,23)/b6-2+,17-11-. The first-order chi connectivity index (χ1) is 11.6. The van der Waals surface area contributed by atoms with E-state index in [1.165, 1.54) is 12.2 Å². The van der Waals surface area contributed by atoms with Crippen LogP contribution in [0.1, 0.15) is 11.1 Å². The smallest absolute Gasteiger partial charge is 0.256 e. The lowest BCUT2D eigenvalue weighted by atomic mass is 10.1. The minimum absolute atomic E-state index is 0.244. The lowest BCUT2D eigenvalue weighted by Gasteiger charge is -1.99. The zero-order chi connectivity index (χ0) is 17.1. The van der Waals surface area contributed by atoms with Crippen LogP contribution in [0.25, 0.3) is 11.6 Å². The van der Waals surface area contributed by atoms with Crippen molar-refractivity contribution >= 4 is 45.0 Å². The lowest BCUT2D eigenvalue weighted by molar-refractivity contribution is -0.112. The van der Waals surface area contributed by atoms with Gasteiger partial charge in [-0.05, 0) is 42.0 Å². The van der Waals surface area contributed by atoms with Crippen LogP contribution in [0.4, 0.5) is 5.69 Å². The maximum absolute atomic E-state index is 12.1. The van der Waals surface area contributed by atoms with E-state index >= 15 is 0 Å². The summed E-state index contributed by atoms with van der Waals surface area (Å²) in [5, 5.41) is 2.75. The number of methoxy groups -OCH3 is 1. The highest BCUT2D eigenvalue weighted by Crippen LogP contribution is 2.33. The highest BCUT2D eigenvalue weighted by molar-refractivity contribution is 9.10. The van der Waals surface area contributed by atoms with Crippen LogP contribution >= 0.6 is 15.9 Å². The van der Waals surface area contributed by atoms with Gasteiger partial charge in [-0.15, -0.1) is 0 Å². The van der Waals surface area contributed by atoms with E-state index in [-0.39, 0.29) is 11.7 Å². The molecule has 0 saturated carbocycles. The number of nitrogens with one attached hydrogen (secondary N) is 1. The van der Waals surface area contributed by atoms with E-state index in [9.17, 15) is 9.59 Å². The number of carbonyl (C=O) groups is 2. The number of carbonyl (C=O) groups excluding carboxylic acids is 2. The minimum atomic E-state index is -0.269. The fourth-order valence-corrected chi connectivity index (χ4v) is 2.75. The largest absolute Gasteiger partial charge is 0.497 e. The van der Waals surface area contributed by atoms with Crippen LogP contribution in [0.2, 0.25) is 0 Å². The fraction of sp³-hybridized carbons (Fsp3) is 0.0526. The number of rotatable bonds is 4. The van der Waals surface area contributed by atoms with Gasteiger partial charge < -0.3 is 10.1 Å². The van der Waals surface area contributed by atoms with Gasteiger partial charge in [0.2, 0.25) is 0 Å². The number of benzene rings is 2. The molecule has 1 amide bonds. The van der Waals surface area contributed by atoms with Crippen LogP contribution in [-0.4, -0.2) is 18.8 Å². The first-order valence-corrected chi connectivity index (χ1v) is 8.05. The maximum Gasteiger partial charge on any atom is 0.256 e. The molecule has 1 aliphatic rings. The summed E-state index contributed by atoms with van der Waals surface area (Å²) < 4.78 is 5.96. The van der Waals surface area contributed by atoms with Crippen molar-refractivity contribution in [2.75, 3.05) is 12.4 Å². The number of hydrogen-bond acceptors (Lipinski definition) is 3. The molecule has 1 N–H and O–H groups in total. The predicted molar refractivity (Wildman–Crippen MR) is 97.8 cm³/mol. The molecule has 3 rings (SSSR count). The zero-order valence-electron chi connectivity index (χ0n) is 12.9. The third-order valence-corrected chi connectivity index (χ3v) is 4.10. The van der Waals surface area contributed by atoms with Crippen molar-refractivity contribution in [3.63, 3.8) is 0 Å². The molecule has 1 aliphatic heterocycles. The van der Waals surface area contributed by atoms with Crippen molar-refractivity contribution in [1.29, 1.82) is 0 Å².